The van der Waals surface area contributed by atoms with Crippen LogP contribution in [0.5, 0.6) is 0 Å². The van der Waals surface area contributed by atoms with Crippen LogP contribution in [0, 0.1) is 0 Å². The molecule has 1 amide bonds. The average molecular weight is 280 g/mol. The zero-order chi connectivity index (χ0) is 13.4. The molecule has 19 heavy (non-hydrogen) atoms. The van der Waals surface area contributed by atoms with Gasteiger partial charge in [0, 0.05) is 17.0 Å². The lowest BCUT2D eigenvalue weighted by Crippen LogP contribution is -2.20. The third kappa shape index (κ3) is 2.19. The summed E-state index contributed by atoms with van der Waals surface area (Å²) < 4.78 is 7.45. The number of hydrogen-bond acceptors (Lipinski definition) is 3. The van der Waals surface area contributed by atoms with Crippen LogP contribution < -0.4 is 5.73 Å². The van der Waals surface area contributed by atoms with Crippen LogP contribution in [-0.4, -0.2) is 22.3 Å². The molecule has 2 aromatic rings. The molecule has 5 nitrogen and oxygen atoms in total. The van der Waals surface area contributed by atoms with Gasteiger partial charge < -0.3 is 10.5 Å². The number of ether oxygens (including phenoxy) is 1. The molecule has 3 rings (SSSR count). The molecule has 0 saturated carbocycles. The van der Waals surface area contributed by atoms with Crippen molar-refractivity contribution in [2.75, 3.05) is 6.61 Å². The molecule has 6 heteroatoms. The van der Waals surface area contributed by atoms with Gasteiger partial charge in [-0.05, 0) is 37.5 Å². The van der Waals surface area contributed by atoms with Crippen molar-refractivity contribution >= 4 is 28.4 Å². The zero-order valence-electron chi connectivity index (χ0n) is 10.3. The molecule has 0 aliphatic carbocycles. The molecule has 1 aromatic heterocycles. The Labute approximate surface area is 115 Å². The lowest BCUT2D eigenvalue weighted by molar-refractivity contribution is -0.0367. The summed E-state index contributed by atoms with van der Waals surface area (Å²) in [6.45, 7) is 0.714. The van der Waals surface area contributed by atoms with Crippen molar-refractivity contribution in [3.8, 4) is 0 Å². The van der Waals surface area contributed by atoms with Crippen LogP contribution in [0.25, 0.3) is 10.9 Å². The van der Waals surface area contributed by atoms with Crippen LogP contribution in [0.2, 0.25) is 5.02 Å². The Morgan fingerprint density at radius 1 is 1.47 bits per heavy atom. The second kappa shape index (κ2) is 4.83. The van der Waals surface area contributed by atoms with E-state index in [0.717, 1.165) is 24.8 Å². The number of carbonyl (C=O) groups is 1. The Kier molecular flexibility index (Phi) is 3.16. The first-order valence-corrected chi connectivity index (χ1v) is 6.64. The van der Waals surface area contributed by atoms with E-state index in [-0.39, 0.29) is 11.9 Å². The Bertz CT molecular complexity index is 632. The van der Waals surface area contributed by atoms with Crippen LogP contribution in [0.4, 0.5) is 0 Å². The smallest absolute Gasteiger partial charge is 0.269 e. The van der Waals surface area contributed by atoms with Gasteiger partial charge in [-0.3, -0.25) is 4.79 Å². The van der Waals surface area contributed by atoms with Gasteiger partial charge in [-0.2, -0.15) is 5.10 Å². The number of halogens is 1. The first-order chi connectivity index (χ1) is 9.16. The van der Waals surface area contributed by atoms with E-state index in [1.807, 2.05) is 6.07 Å². The number of primary amides is 1. The van der Waals surface area contributed by atoms with Crippen molar-refractivity contribution in [1.82, 2.24) is 9.78 Å². The first kappa shape index (κ1) is 12.4. The topological polar surface area (TPSA) is 70.1 Å². The lowest BCUT2D eigenvalue weighted by Gasteiger charge is -2.23. The highest BCUT2D eigenvalue weighted by atomic mass is 35.5. The molecule has 1 atom stereocenters. The fourth-order valence-electron chi connectivity index (χ4n) is 2.43. The van der Waals surface area contributed by atoms with Gasteiger partial charge in [-0.25, -0.2) is 4.68 Å². The lowest BCUT2D eigenvalue weighted by atomic mass is 10.1. The Balaban J connectivity index is 2.16. The third-order valence-electron chi connectivity index (χ3n) is 3.33. The second-order valence-corrected chi connectivity index (χ2v) is 5.08. The van der Waals surface area contributed by atoms with Crippen LogP contribution >= 0.6 is 11.6 Å². The number of carbonyl (C=O) groups excluding carboxylic acids is 1. The summed E-state index contributed by atoms with van der Waals surface area (Å²) in [6, 6.07) is 5.33. The van der Waals surface area contributed by atoms with E-state index in [9.17, 15) is 4.79 Å². The van der Waals surface area contributed by atoms with E-state index < -0.39 is 5.91 Å². The average Bonchev–Trinajstić information content (AvgIpc) is 2.78. The molecule has 1 saturated heterocycles. The van der Waals surface area contributed by atoms with Crippen molar-refractivity contribution < 1.29 is 9.53 Å². The molecule has 0 spiro atoms. The van der Waals surface area contributed by atoms with Gasteiger partial charge in [0.15, 0.2) is 11.9 Å². The summed E-state index contributed by atoms with van der Waals surface area (Å²) >= 11 is 5.97. The molecule has 0 radical (unpaired) electrons. The minimum absolute atomic E-state index is 0.134. The maximum Gasteiger partial charge on any atom is 0.269 e. The van der Waals surface area contributed by atoms with Gasteiger partial charge in [0.1, 0.15) is 0 Å². The van der Waals surface area contributed by atoms with Crippen LogP contribution in [0.1, 0.15) is 36.0 Å². The van der Waals surface area contributed by atoms with E-state index in [1.165, 1.54) is 0 Å². The van der Waals surface area contributed by atoms with Crippen molar-refractivity contribution in [3.63, 3.8) is 0 Å². The minimum Gasteiger partial charge on any atom is -0.364 e. The van der Waals surface area contributed by atoms with Gasteiger partial charge in [0.2, 0.25) is 0 Å². The Hall–Kier alpha value is -1.59. The number of nitrogens with two attached hydrogens (primary N) is 1. The summed E-state index contributed by atoms with van der Waals surface area (Å²) in [6.07, 6.45) is 2.90. The van der Waals surface area contributed by atoms with Gasteiger partial charge in [-0.15, -0.1) is 0 Å². The Morgan fingerprint density at radius 2 is 2.32 bits per heavy atom. The van der Waals surface area contributed by atoms with E-state index in [1.54, 1.807) is 16.8 Å². The van der Waals surface area contributed by atoms with Gasteiger partial charge in [0.05, 0.1) is 5.52 Å². The number of rotatable bonds is 2. The largest absolute Gasteiger partial charge is 0.364 e. The van der Waals surface area contributed by atoms with Crippen LogP contribution in [0.15, 0.2) is 18.2 Å². The molecule has 1 aromatic carbocycles. The summed E-state index contributed by atoms with van der Waals surface area (Å²) in [5.74, 6) is -0.554. The number of benzene rings is 1. The highest BCUT2D eigenvalue weighted by Gasteiger charge is 2.22. The molecule has 2 heterocycles. The highest BCUT2D eigenvalue weighted by molar-refractivity contribution is 6.31. The first-order valence-electron chi connectivity index (χ1n) is 6.26. The second-order valence-electron chi connectivity index (χ2n) is 4.64. The maximum absolute atomic E-state index is 11.5. The predicted octanol–water partition coefficient (Wildman–Crippen LogP) is 2.49. The maximum atomic E-state index is 11.5. The standard InChI is InChI=1S/C13H14ClN3O2/c14-8-4-5-10-9(7-8)12(13(15)18)16-17(10)11-3-1-2-6-19-11/h4-5,7,11H,1-3,6H2,(H2,15,18). The third-order valence-corrected chi connectivity index (χ3v) is 3.57. The number of aromatic nitrogens is 2. The molecule has 0 bridgehead atoms. The molecule has 2 N–H and O–H groups in total. The fraction of sp³-hybridized carbons (Fsp3) is 0.385. The van der Waals surface area contributed by atoms with E-state index in [0.29, 0.717) is 17.0 Å². The number of amides is 1. The van der Waals surface area contributed by atoms with E-state index in [2.05, 4.69) is 5.10 Å². The number of fused-ring (bicyclic) bond motifs is 1. The van der Waals surface area contributed by atoms with Crippen molar-refractivity contribution in [2.24, 2.45) is 5.73 Å². The van der Waals surface area contributed by atoms with E-state index in [4.69, 9.17) is 22.1 Å². The van der Waals surface area contributed by atoms with Crippen molar-refractivity contribution in [2.45, 2.75) is 25.5 Å². The monoisotopic (exact) mass is 279 g/mol. The summed E-state index contributed by atoms with van der Waals surface area (Å²) in [5.41, 5.74) is 6.44. The normalized spacial score (nSPS) is 19.7. The molecule has 1 aliphatic heterocycles. The predicted molar refractivity (Wildman–Crippen MR) is 72.1 cm³/mol. The molecule has 1 unspecified atom stereocenters. The highest BCUT2D eigenvalue weighted by Crippen LogP contribution is 2.29. The van der Waals surface area contributed by atoms with Gasteiger partial charge in [-0.1, -0.05) is 11.6 Å². The minimum atomic E-state index is -0.554. The van der Waals surface area contributed by atoms with Crippen molar-refractivity contribution in [1.29, 1.82) is 0 Å². The summed E-state index contributed by atoms with van der Waals surface area (Å²) in [4.78, 5) is 11.5. The van der Waals surface area contributed by atoms with Crippen LogP contribution in [0.3, 0.4) is 0 Å². The number of hydrogen-bond donors (Lipinski definition) is 1. The van der Waals surface area contributed by atoms with E-state index >= 15 is 0 Å². The van der Waals surface area contributed by atoms with Crippen LogP contribution in [-0.2, 0) is 4.74 Å². The zero-order valence-corrected chi connectivity index (χ0v) is 11.1. The quantitative estimate of drug-likeness (QED) is 0.918. The van der Waals surface area contributed by atoms with Crippen molar-refractivity contribution in [3.05, 3.63) is 28.9 Å². The molecule has 1 fully saturated rings. The van der Waals surface area contributed by atoms with Gasteiger partial charge in [0.25, 0.3) is 5.91 Å². The summed E-state index contributed by atoms with van der Waals surface area (Å²) in [5, 5.41) is 5.54. The molecule has 1 aliphatic rings. The summed E-state index contributed by atoms with van der Waals surface area (Å²) in [7, 11) is 0. The Morgan fingerprint density at radius 3 is 3.00 bits per heavy atom. The van der Waals surface area contributed by atoms with Gasteiger partial charge >= 0.3 is 0 Å². The molecule has 100 valence electrons. The number of nitrogens with zero attached hydrogens (tertiary/aromatic N) is 2. The SMILES string of the molecule is NC(=O)c1nn(C2CCCCO2)c2ccc(Cl)cc12. The fourth-order valence-corrected chi connectivity index (χ4v) is 2.60. The molecular weight excluding hydrogens is 266 g/mol. The molecular formula is C13H14ClN3O2.